The van der Waals surface area contributed by atoms with Gasteiger partial charge in [0.15, 0.2) is 0 Å². The summed E-state index contributed by atoms with van der Waals surface area (Å²) in [5.74, 6) is 0.134. The molecule has 0 aliphatic heterocycles. The van der Waals surface area contributed by atoms with Crippen LogP contribution in [0.25, 0.3) is 0 Å². The number of carbonyl (C=O) groups is 2. The van der Waals surface area contributed by atoms with Gasteiger partial charge in [0.1, 0.15) is 0 Å². The Balaban J connectivity index is 3.49. The van der Waals surface area contributed by atoms with E-state index >= 15 is 0 Å². The summed E-state index contributed by atoms with van der Waals surface area (Å²) in [5.41, 5.74) is 0. The first-order chi connectivity index (χ1) is 10.9. The molecular formula is C16H33N3O4. The molecule has 23 heavy (non-hydrogen) atoms. The van der Waals surface area contributed by atoms with Crippen LogP contribution in [0.1, 0.15) is 20.8 Å². The molecule has 7 nitrogen and oxygen atoms in total. The van der Waals surface area contributed by atoms with Crippen molar-refractivity contribution in [3.63, 3.8) is 0 Å². The van der Waals surface area contributed by atoms with E-state index < -0.39 is 0 Å². The fourth-order valence-electron chi connectivity index (χ4n) is 1.83. The Morgan fingerprint density at radius 3 is 1.70 bits per heavy atom. The normalized spacial score (nSPS) is 10.9. The zero-order valence-electron chi connectivity index (χ0n) is 15.3. The van der Waals surface area contributed by atoms with E-state index in [1.807, 2.05) is 14.0 Å². The molecule has 0 unspecified atom stereocenters. The Bertz CT molecular complexity index is 339. The van der Waals surface area contributed by atoms with E-state index in [4.69, 9.17) is 9.47 Å². The Hall–Kier alpha value is -1.18. The van der Waals surface area contributed by atoms with Gasteiger partial charge in [0.05, 0.1) is 26.4 Å². The fraction of sp³-hybridized carbons (Fsp3) is 0.875. The van der Waals surface area contributed by atoms with E-state index in [-0.39, 0.29) is 11.8 Å². The molecule has 0 heterocycles. The molecule has 0 N–H and O–H groups in total. The lowest BCUT2D eigenvalue weighted by molar-refractivity contribution is -0.129. The molecule has 0 spiro atoms. The zero-order valence-corrected chi connectivity index (χ0v) is 15.3. The van der Waals surface area contributed by atoms with Crippen molar-refractivity contribution in [3.8, 4) is 0 Å². The lowest BCUT2D eigenvalue weighted by Gasteiger charge is -2.20. The highest BCUT2D eigenvalue weighted by atomic mass is 16.5. The van der Waals surface area contributed by atoms with E-state index in [0.717, 1.165) is 19.6 Å². The summed E-state index contributed by atoms with van der Waals surface area (Å²) in [6, 6.07) is 0. The number of ether oxygens (including phenoxy) is 2. The molecule has 0 radical (unpaired) electrons. The lowest BCUT2D eigenvalue weighted by atomic mass is 10.4. The predicted octanol–water partition coefficient (Wildman–Crippen LogP) is 0.298. The van der Waals surface area contributed by atoms with Crippen molar-refractivity contribution in [2.75, 3.05) is 73.2 Å². The largest absolute Gasteiger partial charge is 0.378 e. The summed E-state index contributed by atoms with van der Waals surface area (Å²) in [5, 5.41) is 0. The first kappa shape index (κ1) is 21.8. The Morgan fingerprint density at radius 2 is 1.26 bits per heavy atom. The molecule has 0 aliphatic carbocycles. The van der Waals surface area contributed by atoms with E-state index in [2.05, 4.69) is 4.90 Å². The molecule has 0 atom stereocenters. The van der Waals surface area contributed by atoms with Gasteiger partial charge < -0.3 is 24.2 Å². The highest BCUT2D eigenvalue weighted by molar-refractivity contribution is 5.73. The predicted molar refractivity (Wildman–Crippen MR) is 90.4 cm³/mol. The molecule has 0 aromatic rings. The molecule has 0 saturated carbocycles. The molecule has 0 saturated heterocycles. The molecule has 0 aliphatic rings. The number of hydrogen-bond donors (Lipinski definition) is 0. The van der Waals surface area contributed by atoms with Crippen LogP contribution >= 0.6 is 0 Å². The highest BCUT2D eigenvalue weighted by Gasteiger charge is 2.05. The van der Waals surface area contributed by atoms with Gasteiger partial charge in [0, 0.05) is 53.6 Å². The number of amides is 2. The monoisotopic (exact) mass is 331 g/mol. The van der Waals surface area contributed by atoms with Gasteiger partial charge in [-0.3, -0.25) is 9.59 Å². The molecule has 2 amide bonds. The maximum absolute atomic E-state index is 11.2. The molecule has 0 bridgehead atoms. The van der Waals surface area contributed by atoms with Crippen LogP contribution in [0.4, 0.5) is 0 Å². The van der Waals surface area contributed by atoms with Gasteiger partial charge in [-0.1, -0.05) is 0 Å². The second-order valence-corrected chi connectivity index (χ2v) is 5.57. The van der Waals surface area contributed by atoms with E-state index in [1.54, 1.807) is 30.7 Å². The van der Waals surface area contributed by atoms with Gasteiger partial charge in [0.2, 0.25) is 11.8 Å². The standard InChI is InChI=1S/C16H33N3O4/c1-6-19(16(3)21)10-14-23-12-8-17(4)7-11-22-13-9-18(5)15(2)20/h6-14H2,1-5H3. The van der Waals surface area contributed by atoms with Crippen LogP contribution in [0.15, 0.2) is 0 Å². The molecule has 0 aromatic carbocycles. The number of rotatable bonds is 13. The van der Waals surface area contributed by atoms with Gasteiger partial charge in [0.25, 0.3) is 0 Å². The third kappa shape index (κ3) is 12.0. The molecule has 0 rings (SSSR count). The van der Waals surface area contributed by atoms with Gasteiger partial charge in [-0.25, -0.2) is 0 Å². The van der Waals surface area contributed by atoms with Crippen LogP contribution in [0.2, 0.25) is 0 Å². The van der Waals surface area contributed by atoms with Gasteiger partial charge in [-0.15, -0.1) is 0 Å². The lowest BCUT2D eigenvalue weighted by Crippen LogP contribution is -2.33. The van der Waals surface area contributed by atoms with Crippen molar-refractivity contribution in [2.24, 2.45) is 0 Å². The van der Waals surface area contributed by atoms with E-state index in [1.165, 1.54) is 0 Å². The second-order valence-electron chi connectivity index (χ2n) is 5.57. The second kappa shape index (κ2) is 13.3. The fourth-order valence-corrected chi connectivity index (χ4v) is 1.83. The summed E-state index contributed by atoms with van der Waals surface area (Å²) >= 11 is 0. The van der Waals surface area contributed by atoms with Crippen molar-refractivity contribution in [1.29, 1.82) is 0 Å². The summed E-state index contributed by atoms with van der Waals surface area (Å²) in [4.78, 5) is 27.8. The van der Waals surface area contributed by atoms with Crippen molar-refractivity contribution in [2.45, 2.75) is 20.8 Å². The third-order valence-corrected chi connectivity index (χ3v) is 3.68. The SMILES string of the molecule is CCN(CCOCCN(C)CCOCCN(C)C(C)=O)C(C)=O. The number of hydrogen-bond acceptors (Lipinski definition) is 5. The minimum atomic E-state index is 0.0503. The average molecular weight is 331 g/mol. The zero-order chi connectivity index (χ0) is 17.7. The maximum Gasteiger partial charge on any atom is 0.219 e. The maximum atomic E-state index is 11.2. The minimum absolute atomic E-state index is 0.0503. The van der Waals surface area contributed by atoms with Gasteiger partial charge >= 0.3 is 0 Å². The molecular weight excluding hydrogens is 298 g/mol. The van der Waals surface area contributed by atoms with Crippen molar-refractivity contribution in [3.05, 3.63) is 0 Å². The van der Waals surface area contributed by atoms with Crippen LogP contribution in [-0.4, -0.2) is 99.8 Å². The van der Waals surface area contributed by atoms with E-state index in [9.17, 15) is 9.59 Å². The average Bonchev–Trinajstić information content (AvgIpc) is 2.49. The van der Waals surface area contributed by atoms with E-state index in [0.29, 0.717) is 39.5 Å². The highest BCUT2D eigenvalue weighted by Crippen LogP contribution is 1.91. The van der Waals surface area contributed by atoms with Crippen LogP contribution < -0.4 is 0 Å². The van der Waals surface area contributed by atoms with Crippen molar-refractivity contribution >= 4 is 11.8 Å². The summed E-state index contributed by atoms with van der Waals surface area (Å²) in [6.07, 6.45) is 0. The van der Waals surface area contributed by atoms with Crippen LogP contribution in [0.3, 0.4) is 0 Å². The third-order valence-electron chi connectivity index (χ3n) is 3.68. The van der Waals surface area contributed by atoms with Crippen LogP contribution in [0.5, 0.6) is 0 Å². The molecule has 136 valence electrons. The number of nitrogens with zero attached hydrogens (tertiary/aromatic N) is 3. The summed E-state index contributed by atoms with van der Waals surface area (Å²) < 4.78 is 11.1. The van der Waals surface area contributed by atoms with Crippen LogP contribution in [-0.2, 0) is 19.1 Å². The Morgan fingerprint density at radius 1 is 0.783 bits per heavy atom. The smallest absolute Gasteiger partial charge is 0.219 e. The van der Waals surface area contributed by atoms with Gasteiger partial charge in [-0.05, 0) is 14.0 Å². The minimum Gasteiger partial charge on any atom is -0.378 e. The van der Waals surface area contributed by atoms with Gasteiger partial charge in [-0.2, -0.15) is 0 Å². The molecule has 0 aromatic heterocycles. The number of likely N-dealkylation sites (N-methyl/N-ethyl adjacent to an activating group) is 3. The Labute approximate surface area is 140 Å². The summed E-state index contributed by atoms with van der Waals surface area (Å²) in [7, 11) is 3.78. The first-order valence-electron chi connectivity index (χ1n) is 8.19. The molecule has 0 fully saturated rings. The molecule has 7 heteroatoms. The Kier molecular flexibility index (Phi) is 12.6. The summed E-state index contributed by atoms with van der Waals surface area (Å²) in [6.45, 7) is 11.1. The topological polar surface area (TPSA) is 62.3 Å². The quantitative estimate of drug-likeness (QED) is 0.454. The van der Waals surface area contributed by atoms with Crippen molar-refractivity contribution in [1.82, 2.24) is 14.7 Å². The van der Waals surface area contributed by atoms with Crippen LogP contribution in [0, 0.1) is 0 Å². The van der Waals surface area contributed by atoms with Crippen molar-refractivity contribution < 1.29 is 19.1 Å². The first-order valence-corrected chi connectivity index (χ1v) is 8.19. The number of carbonyl (C=O) groups excluding carboxylic acids is 2.